The first kappa shape index (κ1) is 14.3. The number of amides is 1. The maximum absolute atomic E-state index is 11.5. The van der Waals surface area contributed by atoms with E-state index in [1.54, 1.807) is 0 Å². The van der Waals surface area contributed by atoms with Crippen molar-refractivity contribution in [2.24, 2.45) is 11.8 Å². The van der Waals surface area contributed by atoms with Crippen molar-refractivity contribution in [2.45, 2.75) is 19.9 Å². The summed E-state index contributed by atoms with van der Waals surface area (Å²) in [7, 11) is 5.98. The van der Waals surface area contributed by atoms with Crippen LogP contribution in [0, 0.1) is 5.92 Å². The first-order valence-electron chi connectivity index (χ1n) is 5.25. The number of carbonyl (C=O) groups excluding carboxylic acids is 1. The van der Waals surface area contributed by atoms with Crippen LogP contribution in [0.25, 0.3) is 0 Å². The zero-order chi connectivity index (χ0) is 12.0. The summed E-state index contributed by atoms with van der Waals surface area (Å²) in [5.41, 5.74) is 2.22. The Labute approximate surface area is 92.6 Å². The van der Waals surface area contributed by atoms with Gasteiger partial charge in [0.25, 0.3) is 5.91 Å². The van der Waals surface area contributed by atoms with Gasteiger partial charge in [0.2, 0.25) is 0 Å². The molecule has 1 unspecified atom stereocenters. The standard InChI is InChI=1S/C10H24N4O/c1-8(2)9(10(15)12-11)14(5)7-6-13(3)4/h8-9H,6-7,11H2,1-5H3,(H,12,15). The molecule has 0 aromatic carbocycles. The summed E-state index contributed by atoms with van der Waals surface area (Å²) in [4.78, 5) is 15.7. The Hall–Kier alpha value is -0.650. The van der Waals surface area contributed by atoms with Crippen LogP contribution in [0.15, 0.2) is 0 Å². The lowest BCUT2D eigenvalue weighted by Crippen LogP contribution is -2.51. The number of nitrogens with zero attached hydrogens (tertiary/aromatic N) is 2. The molecule has 5 nitrogen and oxygen atoms in total. The van der Waals surface area contributed by atoms with Crippen LogP contribution < -0.4 is 11.3 Å². The van der Waals surface area contributed by atoms with Gasteiger partial charge in [-0.1, -0.05) is 13.8 Å². The minimum absolute atomic E-state index is 0.119. The normalized spacial score (nSPS) is 13.7. The number of hydrazine groups is 1. The highest BCUT2D eigenvalue weighted by molar-refractivity contribution is 5.81. The van der Waals surface area contributed by atoms with Crippen molar-refractivity contribution in [3.05, 3.63) is 0 Å². The molecule has 3 N–H and O–H groups in total. The summed E-state index contributed by atoms with van der Waals surface area (Å²) in [6, 6.07) is -0.157. The van der Waals surface area contributed by atoms with Crippen LogP contribution >= 0.6 is 0 Å². The van der Waals surface area contributed by atoms with Gasteiger partial charge >= 0.3 is 0 Å². The average molecular weight is 216 g/mol. The number of hydrogen-bond donors (Lipinski definition) is 2. The molecule has 1 amide bonds. The molecule has 5 heteroatoms. The van der Waals surface area contributed by atoms with E-state index in [-0.39, 0.29) is 17.9 Å². The molecule has 0 spiro atoms. The molecule has 0 aliphatic carbocycles. The maximum atomic E-state index is 11.5. The summed E-state index contributed by atoms with van der Waals surface area (Å²) in [5.74, 6) is 5.30. The molecular formula is C10H24N4O. The monoisotopic (exact) mass is 216 g/mol. The first-order chi connectivity index (χ1) is 6.90. The van der Waals surface area contributed by atoms with E-state index < -0.39 is 0 Å². The topological polar surface area (TPSA) is 61.6 Å². The molecule has 0 aromatic rings. The highest BCUT2D eigenvalue weighted by Crippen LogP contribution is 2.08. The molecule has 0 radical (unpaired) electrons. The Balaban J connectivity index is 4.29. The van der Waals surface area contributed by atoms with Crippen molar-refractivity contribution < 1.29 is 4.79 Å². The Morgan fingerprint density at radius 1 is 1.27 bits per heavy atom. The van der Waals surface area contributed by atoms with Gasteiger partial charge in [-0.05, 0) is 27.1 Å². The second-order valence-electron chi connectivity index (χ2n) is 4.48. The number of hydrogen-bond acceptors (Lipinski definition) is 4. The summed E-state index contributed by atoms with van der Waals surface area (Å²) >= 11 is 0. The van der Waals surface area contributed by atoms with Gasteiger partial charge in [-0.25, -0.2) is 5.84 Å². The Kier molecular flexibility index (Phi) is 6.47. The summed E-state index contributed by atoms with van der Waals surface area (Å²) in [6.07, 6.45) is 0. The molecule has 0 aliphatic heterocycles. The smallest absolute Gasteiger partial charge is 0.251 e. The highest BCUT2D eigenvalue weighted by atomic mass is 16.2. The van der Waals surface area contributed by atoms with E-state index in [2.05, 4.69) is 10.3 Å². The van der Waals surface area contributed by atoms with Crippen LogP contribution in [0.4, 0.5) is 0 Å². The number of likely N-dealkylation sites (N-methyl/N-ethyl adjacent to an activating group) is 2. The largest absolute Gasteiger partial charge is 0.308 e. The van der Waals surface area contributed by atoms with E-state index in [1.807, 2.05) is 39.9 Å². The van der Waals surface area contributed by atoms with Crippen molar-refractivity contribution in [3.8, 4) is 0 Å². The number of nitrogens with one attached hydrogen (secondary N) is 1. The van der Waals surface area contributed by atoms with Gasteiger partial charge in [0, 0.05) is 13.1 Å². The molecule has 1 atom stereocenters. The fourth-order valence-electron chi connectivity index (χ4n) is 1.59. The van der Waals surface area contributed by atoms with Gasteiger partial charge in [0.15, 0.2) is 0 Å². The maximum Gasteiger partial charge on any atom is 0.251 e. The van der Waals surface area contributed by atoms with Gasteiger partial charge in [0.05, 0.1) is 6.04 Å². The molecule has 0 saturated heterocycles. The van der Waals surface area contributed by atoms with Crippen LogP contribution in [-0.2, 0) is 4.79 Å². The van der Waals surface area contributed by atoms with Crippen molar-refractivity contribution in [3.63, 3.8) is 0 Å². The van der Waals surface area contributed by atoms with Crippen molar-refractivity contribution >= 4 is 5.91 Å². The Morgan fingerprint density at radius 2 is 1.80 bits per heavy atom. The molecule has 0 bridgehead atoms. The zero-order valence-corrected chi connectivity index (χ0v) is 10.4. The van der Waals surface area contributed by atoms with Crippen molar-refractivity contribution in [2.75, 3.05) is 34.2 Å². The van der Waals surface area contributed by atoms with Crippen LogP contribution in [0.3, 0.4) is 0 Å². The molecule has 15 heavy (non-hydrogen) atoms. The minimum atomic E-state index is -0.157. The number of nitrogens with two attached hydrogens (primary N) is 1. The van der Waals surface area contributed by atoms with E-state index in [9.17, 15) is 4.79 Å². The average Bonchev–Trinajstić information content (AvgIpc) is 2.14. The van der Waals surface area contributed by atoms with Crippen molar-refractivity contribution in [1.29, 1.82) is 0 Å². The molecule has 0 saturated carbocycles. The lowest BCUT2D eigenvalue weighted by Gasteiger charge is -2.30. The second-order valence-corrected chi connectivity index (χ2v) is 4.48. The van der Waals surface area contributed by atoms with E-state index in [4.69, 9.17) is 5.84 Å². The van der Waals surface area contributed by atoms with Crippen LogP contribution in [0.2, 0.25) is 0 Å². The molecule has 0 aliphatic rings. The minimum Gasteiger partial charge on any atom is -0.308 e. The predicted molar refractivity (Wildman–Crippen MR) is 62.1 cm³/mol. The third-order valence-electron chi connectivity index (χ3n) is 2.42. The molecule has 90 valence electrons. The number of rotatable bonds is 6. The first-order valence-corrected chi connectivity index (χ1v) is 5.25. The van der Waals surface area contributed by atoms with Gasteiger partial charge in [0.1, 0.15) is 0 Å². The van der Waals surface area contributed by atoms with Crippen molar-refractivity contribution in [1.82, 2.24) is 15.2 Å². The van der Waals surface area contributed by atoms with E-state index in [0.29, 0.717) is 0 Å². The third-order valence-corrected chi connectivity index (χ3v) is 2.42. The van der Waals surface area contributed by atoms with Gasteiger partial charge in [-0.15, -0.1) is 0 Å². The Morgan fingerprint density at radius 3 is 2.13 bits per heavy atom. The molecular weight excluding hydrogens is 192 g/mol. The predicted octanol–water partition coefficient (Wildman–Crippen LogP) is -0.506. The Bertz CT molecular complexity index is 194. The molecule has 0 fully saturated rings. The SMILES string of the molecule is CC(C)C(C(=O)NN)N(C)CCN(C)C. The van der Waals surface area contributed by atoms with E-state index in [1.165, 1.54) is 0 Å². The van der Waals surface area contributed by atoms with Gasteiger partial charge < -0.3 is 4.90 Å². The van der Waals surface area contributed by atoms with Crippen LogP contribution in [-0.4, -0.2) is 56.0 Å². The fourth-order valence-corrected chi connectivity index (χ4v) is 1.59. The highest BCUT2D eigenvalue weighted by Gasteiger charge is 2.25. The van der Waals surface area contributed by atoms with E-state index in [0.717, 1.165) is 13.1 Å². The lowest BCUT2D eigenvalue weighted by molar-refractivity contribution is -0.127. The van der Waals surface area contributed by atoms with Gasteiger partial charge in [-0.2, -0.15) is 0 Å². The fraction of sp³-hybridized carbons (Fsp3) is 0.900. The third kappa shape index (κ3) is 5.11. The molecule has 0 heterocycles. The summed E-state index contributed by atoms with van der Waals surface area (Å²) < 4.78 is 0. The van der Waals surface area contributed by atoms with Crippen LogP contribution in [0.5, 0.6) is 0 Å². The second kappa shape index (κ2) is 6.76. The van der Waals surface area contributed by atoms with E-state index >= 15 is 0 Å². The van der Waals surface area contributed by atoms with Gasteiger partial charge in [-0.3, -0.25) is 15.1 Å². The summed E-state index contributed by atoms with van der Waals surface area (Å²) in [5, 5.41) is 0. The quantitative estimate of drug-likeness (QED) is 0.357. The zero-order valence-electron chi connectivity index (χ0n) is 10.4. The lowest BCUT2D eigenvalue weighted by atomic mass is 10.0. The molecule has 0 rings (SSSR count). The molecule has 0 aromatic heterocycles. The number of carbonyl (C=O) groups is 1. The summed E-state index contributed by atoms with van der Waals surface area (Å²) in [6.45, 7) is 5.82. The van der Waals surface area contributed by atoms with Crippen LogP contribution in [0.1, 0.15) is 13.8 Å².